The molecule has 0 aliphatic carbocycles. The Labute approximate surface area is 158 Å². The second kappa shape index (κ2) is 7.53. The Morgan fingerprint density at radius 2 is 1.33 bits per heavy atom. The summed E-state index contributed by atoms with van der Waals surface area (Å²) in [6.07, 6.45) is 0. The minimum absolute atomic E-state index is 0.242. The summed E-state index contributed by atoms with van der Waals surface area (Å²) in [5, 5.41) is 3.12. The second-order valence-electron chi connectivity index (χ2n) is 6.41. The van der Waals surface area contributed by atoms with Crippen molar-refractivity contribution >= 4 is 23.1 Å². The highest BCUT2D eigenvalue weighted by molar-refractivity contribution is 6.36. The maximum Gasteiger partial charge on any atom is 0.278 e. The van der Waals surface area contributed by atoms with Gasteiger partial charge in [-0.25, -0.2) is 0 Å². The molecule has 0 fully saturated rings. The van der Waals surface area contributed by atoms with Gasteiger partial charge in [0.2, 0.25) is 0 Å². The molecule has 27 heavy (non-hydrogen) atoms. The van der Waals surface area contributed by atoms with Gasteiger partial charge in [0.25, 0.3) is 11.8 Å². The topological polar surface area (TPSA) is 67.9 Å². The largest absolute Gasteiger partial charge is 0.497 e. The summed E-state index contributed by atoms with van der Waals surface area (Å²) in [6, 6.07) is 14.0. The Balaban J connectivity index is 2.04. The first-order valence-corrected chi connectivity index (χ1v) is 8.64. The van der Waals surface area contributed by atoms with E-state index in [2.05, 4.69) is 5.32 Å². The van der Waals surface area contributed by atoms with Crippen LogP contribution in [0.4, 0.5) is 5.69 Å². The predicted molar refractivity (Wildman–Crippen MR) is 104 cm³/mol. The van der Waals surface area contributed by atoms with Gasteiger partial charge in [-0.3, -0.25) is 14.5 Å². The fourth-order valence-electron chi connectivity index (χ4n) is 2.98. The van der Waals surface area contributed by atoms with Crippen molar-refractivity contribution in [2.75, 3.05) is 19.5 Å². The summed E-state index contributed by atoms with van der Waals surface area (Å²) >= 11 is 0. The molecule has 0 aromatic heterocycles. The molecule has 1 N–H and O–H groups in total. The average molecular weight is 366 g/mol. The van der Waals surface area contributed by atoms with Gasteiger partial charge in [-0.2, -0.15) is 0 Å². The molecular weight excluding hydrogens is 344 g/mol. The van der Waals surface area contributed by atoms with E-state index in [0.29, 0.717) is 28.3 Å². The van der Waals surface area contributed by atoms with Gasteiger partial charge in [0.1, 0.15) is 17.2 Å². The zero-order valence-electron chi connectivity index (χ0n) is 15.8. The van der Waals surface area contributed by atoms with E-state index in [1.54, 1.807) is 62.8 Å². The Hall–Kier alpha value is -3.28. The number of imide groups is 1. The SMILES string of the molecule is COc1ccc(NC2=C(c3ccc(OC)cc3)C(=O)N(C(C)C)C2=O)cc1. The Bertz CT molecular complexity index is 883. The van der Waals surface area contributed by atoms with E-state index in [0.717, 1.165) is 0 Å². The fraction of sp³-hybridized carbons (Fsp3) is 0.238. The molecule has 3 rings (SSSR count). The highest BCUT2D eigenvalue weighted by atomic mass is 16.5. The minimum atomic E-state index is -0.336. The smallest absolute Gasteiger partial charge is 0.278 e. The van der Waals surface area contributed by atoms with Gasteiger partial charge in [0.15, 0.2) is 0 Å². The van der Waals surface area contributed by atoms with Gasteiger partial charge in [-0.15, -0.1) is 0 Å². The quantitative estimate of drug-likeness (QED) is 0.795. The molecule has 6 nitrogen and oxygen atoms in total. The molecule has 140 valence electrons. The van der Waals surface area contributed by atoms with Crippen LogP contribution in [0.1, 0.15) is 19.4 Å². The van der Waals surface area contributed by atoms with Crippen molar-refractivity contribution in [3.63, 3.8) is 0 Å². The van der Waals surface area contributed by atoms with Crippen LogP contribution >= 0.6 is 0 Å². The molecule has 0 bridgehead atoms. The maximum atomic E-state index is 13.0. The van der Waals surface area contributed by atoms with Crippen molar-refractivity contribution in [3.8, 4) is 11.5 Å². The highest BCUT2D eigenvalue weighted by Gasteiger charge is 2.40. The number of methoxy groups -OCH3 is 2. The summed E-state index contributed by atoms with van der Waals surface area (Å²) in [6.45, 7) is 3.63. The lowest BCUT2D eigenvalue weighted by molar-refractivity contribution is -0.138. The number of anilines is 1. The normalized spacial score (nSPS) is 14.2. The lowest BCUT2D eigenvalue weighted by atomic mass is 10.0. The summed E-state index contributed by atoms with van der Waals surface area (Å²) in [7, 11) is 3.17. The fourth-order valence-corrected chi connectivity index (χ4v) is 2.98. The lowest BCUT2D eigenvalue weighted by Crippen LogP contribution is -2.38. The van der Waals surface area contributed by atoms with Crippen LogP contribution in [-0.4, -0.2) is 37.0 Å². The molecule has 1 heterocycles. The number of carbonyl (C=O) groups is 2. The van der Waals surface area contributed by atoms with E-state index < -0.39 is 0 Å². The van der Waals surface area contributed by atoms with Crippen LogP contribution in [0.25, 0.3) is 5.57 Å². The summed E-state index contributed by atoms with van der Waals surface area (Å²) in [5.74, 6) is 0.747. The van der Waals surface area contributed by atoms with Crippen molar-refractivity contribution in [2.45, 2.75) is 19.9 Å². The Morgan fingerprint density at radius 3 is 1.81 bits per heavy atom. The average Bonchev–Trinajstić information content (AvgIpc) is 2.92. The standard InChI is InChI=1S/C21H22N2O4/c1-13(2)23-20(24)18(14-5-9-16(26-3)10-6-14)19(21(23)25)22-15-7-11-17(27-4)12-8-15/h5-13,22H,1-4H3. The number of ether oxygens (including phenoxy) is 2. The van der Waals surface area contributed by atoms with Gasteiger partial charge in [0.05, 0.1) is 19.8 Å². The molecule has 0 unspecified atom stereocenters. The van der Waals surface area contributed by atoms with Gasteiger partial charge in [-0.05, 0) is 55.8 Å². The van der Waals surface area contributed by atoms with E-state index in [-0.39, 0.29) is 23.6 Å². The van der Waals surface area contributed by atoms with E-state index >= 15 is 0 Å². The molecule has 1 aliphatic heterocycles. The molecule has 2 aromatic rings. The third-order valence-electron chi connectivity index (χ3n) is 4.37. The molecule has 2 aromatic carbocycles. The van der Waals surface area contributed by atoms with E-state index in [4.69, 9.17) is 9.47 Å². The molecule has 0 atom stereocenters. The molecule has 2 amide bonds. The Kier molecular flexibility index (Phi) is 5.16. The van der Waals surface area contributed by atoms with Crippen molar-refractivity contribution < 1.29 is 19.1 Å². The first-order valence-electron chi connectivity index (χ1n) is 8.64. The molecular formula is C21H22N2O4. The van der Waals surface area contributed by atoms with Crippen LogP contribution in [0, 0.1) is 0 Å². The van der Waals surface area contributed by atoms with Gasteiger partial charge >= 0.3 is 0 Å². The second-order valence-corrected chi connectivity index (χ2v) is 6.41. The van der Waals surface area contributed by atoms with Gasteiger partial charge in [0, 0.05) is 11.7 Å². The van der Waals surface area contributed by atoms with Crippen LogP contribution in [0.5, 0.6) is 11.5 Å². The third-order valence-corrected chi connectivity index (χ3v) is 4.37. The predicted octanol–water partition coefficient (Wildman–Crippen LogP) is 3.30. The first kappa shape index (κ1) is 18.5. The molecule has 0 saturated carbocycles. The van der Waals surface area contributed by atoms with Crippen molar-refractivity contribution in [3.05, 3.63) is 59.8 Å². The summed E-state index contributed by atoms with van der Waals surface area (Å²) in [5.41, 5.74) is 1.98. The number of hydrogen-bond acceptors (Lipinski definition) is 5. The van der Waals surface area contributed by atoms with Gasteiger partial charge < -0.3 is 14.8 Å². The van der Waals surface area contributed by atoms with E-state index in [9.17, 15) is 9.59 Å². The molecule has 0 saturated heterocycles. The molecule has 1 aliphatic rings. The number of amides is 2. The van der Waals surface area contributed by atoms with Crippen LogP contribution in [0.3, 0.4) is 0 Å². The molecule has 6 heteroatoms. The number of benzene rings is 2. The van der Waals surface area contributed by atoms with Crippen molar-refractivity contribution in [1.82, 2.24) is 4.90 Å². The third kappa shape index (κ3) is 3.51. The monoisotopic (exact) mass is 366 g/mol. The maximum absolute atomic E-state index is 13.0. The van der Waals surface area contributed by atoms with E-state index in [1.807, 2.05) is 13.8 Å². The number of rotatable bonds is 6. The molecule has 0 spiro atoms. The highest BCUT2D eigenvalue weighted by Crippen LogP contribution is 2.32. The van der Waals surface area contributed by atoms with Crippen LogP contribution in [0.15, 0.2) is 54.2 Å². The van der Waals surface area contributed by atoms with Crippen molar-refractivity contribution in [1.29, 1.82) is 0 Å². The first-order chi connectivity index (χ1) is 13.0. The summed E-state index contributed by atoms with van der Waals surface area (Å²) < 4.78 is 10.3. The van der Waals surface area contributed by atoms with Crippen LogP contribution in [-0.2, 0) is 9.59 Å². The zero-order valence-corrected chi connectivity index (χ0v) is 15.8. The number of carbonyl (C=O) groups excluding carboxylic acids is 2. The van der Waals surface area contributed by atoms with E-state index in [1.165, 1.54) is 4.90 Å². The van der Waals surface area contributed by atoms with Crippen molar-refractivity contribution in [2.24, 2.45) is 0 Å². The minimum Gasteiger partial charge on any atom is -0.497 e. The number of nitrogens with one attached hydrogen (secondary N) is 1. The van der Waals surface area contributed by atoms with Crippen LogP contribution < -0.4 is 14.8 Å². The number of nitrogens with zero attached hydrogens (tertiary/aromatic N) is 1. The molecule has 0 radical (unpaired) electrons. The zero-order chi connectivity index (χ0) is 19.6. The Morgan fingerprint density at radius 1 is 0.815 bits per heavy atom. The number of hydrogen-bond donors (Lipinski definition) is 1. The summed E-state index contributed by atoms with van der Waals surface area (Å²) in [4.78, 5) is 27.2. The van der Waals surface area contributed by atoms with Crippen LogP contribution in [0.2, 0.25) is 0 Å². The van der Waals surface area contributed by atoms with Gasteiger partial charge in [-0.1, -0.05) is 12.1 Å². The lowest BCUT2D eigenvalue weighted by Gasteiger charge is -2.19.